The number of hydrogen-bond acceptors (Lipinski definition) is 8. The van der Waals surface area contributed by atoms with Crippen molar-refractivity contribution >= 4 is 40.1 Å². The second kappa shape index (κ2) is 11.8. The van der Waals surface area contributed by atoms with Crippen LogP contribution < -0.4 is 5.32 Å². The molecule has 1 aromatic carbocycles. The molecule has 0 aliphatic heterocycles. The molecule has 1 amide bonds. The fourth-order valence-electron chi connectivity index (χ4n) is 3.01. The first-order valence-electron chi connectivity index (χ1n) is 10.6. The van der Waals surface area contributed by atoms with E-state index in [0.29, 0.717) is 35.1 Å². The Morgan fingerprint density at radius 3 is 2.70 bits per heavy atom. The van der Waals surface area contributed by atoms with Gasteiger partial charge in [0, 0.05) is 17.5 Å². The summed E-state index contributed by atoms with van der Waals surface area (Å²) in [6.07, 6.45) is 1.86. The number of allylic oxidation sites excluding steroid dienone is 1. The van der Waals surface area contributed by atoms with Crippen molar-refractivity contribution in [1.29, 1.82) is 0 Å². The highest BCUT2D eigenvalue weighted by Crippen LogP contribution is 2.26. The lowest BCUT2D eigenvalue weighted by Gasteiger charge is -2.09. The Labute approximate surface area is 201 Å². The van der Waals surface area contributed by atoms with Crippen LogP contribution in [0.4, 0.5) is 5.13 Å². The number of benzene rings is 1. The second-order valence-electron chi connectivity index (χ2n) is 7.44. The summed E-state index contributed by atoms with van der Waals surface area (Å²) in [5.74, 6) is 0.778. The van der Waals surface area contributed by atoms with Crippen molar-refractivity contribution in [3.05, 3.63) is 53.6 Å². The maximum atomic E-state index is 12.4. The van der Waals surface area contributed by atoms with Crippen molar-refractivity contribution in [3.8, 4) is 11.4 Å². The van der Waals surface area contributed by atoms with Crippen LogP contribution in [0.3, 0.4) is 0 Å². The number of nitrogens with one attached hydrogen (secondary N) is 1. The predicted molar refractivity (Wildman–Crippen MR) is 132 cm³/mol. The maximum absolute atomic E-state index is 12.4. The van der Waals surface area contributed by atoms with Gasteiger partial charge in [-0.05, 0) is 18.4 Å². The number of ether oxygens (including phenoxy) is 1. The van der Waals surface area contributed by atoms with Crippen molar-refractivity contribution in [2.45, 2.75) is 44.8 Å². The number of nitrogens with zero attached hydrogens (tertiary/aromatic N) is 4. The summed E-state index contributed by atoms with van der Waals surface area (Å²) >= 11 is 2.56. The summed E-state index contributed by atoms with van der Waals surface area (Å²) in [5, 5.41) is 14.2. The minimum Gasteiger partial charge on any atom is -0.466 e. The zero-order chi connectivity index (χ0) is 23.8. The summed E-state index contributed by atoms with van der Waals surface area (Å²) in [7, 11) is 0. The number of carbonyl (C=O) groups is 2. The van der Waals surface area contributed by atoms with Gasteiger partial charge >= 0.3 is 5.97 Å². The quantitative estimate of drug-likeness (QED) is 0.242. The van der Waals surface area contributed by atoms with Gasteiger partial charge in [0.05, 0.1) is 24.5 Å². The molecular formula is C23H27N5O3S2. The number of amides is 1. The van der Waals surface area contributed by atoms with Gasteiger partial charge in [-0.25, -0.2) is 4.98 Å². The SMILES string of the molecule is C=CCn1c(SCC(=O)Nc2nc(CC(=O)OCC)cs2)nnc1-c1ccc(C(C)C)cc1. The van der Waals surface area contributed by atoms with Gasteiger partial charge in [-0.15, -0.1) is 28.1 Å². The fourth-order valence-corrected chi connectivity index (χ4v) is 4.48. The van der Waals surface area contributed by atoms with Crippen LogP contribution in [0.15, 0.2) is 47.5 Å². The molecule has 2 heterocycles. The van der Waals surface area contributed by atoms with E-state index in [-0.39, 0.29) is 24.1 Å². The van der Waals surface area contributed by atoms with Gasteiger partial charge in [0.15, 0.2) is 16.1 Å². The topological polar surface area (TPSA) is 99.0 Å². The minimum absolute atomic E-state index is 0.0839. The summed E-state index contributed by atoms with van der Waals surface area (Å²) in [5.41, 5.74) is 2.79. The van der Waals surface area contributed by atoms with Crippen LogP contribution in [-0.4, -0.2) is 44.0 Å². The normalized spacial score (nSPS) is 10.9. The van der Waals surface area contributed by atoms with Crippen LogP contribution in [0.2, 0.25) is 0 Å². The van der Waals surface area contributed by atoms with Gasteiger partial charge in [0.25, 0.3) is 0 Å². The van der Waals surface area contributed by atoms with E-state index in [4.69, 9.17) is 4.74 Å². The van der Waals surface area contributed by atoms with Gasteiger partial charge in [-0.1, -0.05) is 56.0 Å². The number of thioether (sulfide) groups is 1. The lowest BCUT2D eigenvalue weighted by Crippen LogP contribution is -2.15. The van der Waals surface area contributed by atoms with E-state index in [1.54, 1.807) is 18.4 Å². The van der Waals surface area contributed by atoms with Gasteiger partial charge in [-0.3, -0.25) is 14.2 Å². The molecule has 3 aromatic rings. The molecule has 2 aromatic heterocycles. The Kier molecular flexibility index (Phi) is 8.79. The third-order valence-electron chi connectivity index (χ3n) is 4.63. The average Bonchev–Trinajstić information content (AvgIpc) is 3.39. The summed E-state index contributed by atoms with van der Waals surface area (Å²) in [6.45, 7) is 10.7. The van der Waals surface area contributed by atoms with Crippen molar-refractivity contribution in [2.75, 3.05) is 17.7 Å². The molecule has 0 bridgehead atoms. The first kappa shape index (κ1) is 24.7. The first-order valence-corrected chi connectivity index (χ1v) is 12.4. The molecular weight excluding hydrogens is 458 g/mol. The molecule has 0 radical (unpaired) electrons. The molecule has 10 heteroatoms. The fraction of sp³-hybridized carbons (Fsp3) is 0.348. The first-order chi connectivity index (χ1) is 15.9. The van der Waals surface area contributed by atoms with E-state index in [1.165, 1.54) is 28.7 Å². The van der Waals surface area contributed by atoms with Gasteiger partial charge in [0.1, 0.15) is 0 Å². The third kappa shape index (κ3) is 6.75. The molecule has 0 spiro atoms. The van der Waals surface area contributed by atoms with Crippen molar-refractivity contribution in [3.63, 3.8) is 0 Å². The number of carbonyl (C=O) groups excluding carboxylic acids is 2. The predicted octanol–water partition coefficient (Wildman–Crippen LogP) is 4.55. The van der Waals surface area contributed by atoms with Gasteiger partial charge in [0.2, 0.25) is 5.91 Å². The lowest BCUT2D eigenvalue weighted by molar-refractivity contribution is -0.142. The Hall–Kier alpha value is -2.98. The van der Waals surface area contributed by atoms with Gasteiger partial charge in [-0.2, -0.15) is 0 Å². The number of anilines is 1. The molecule has 0 saturated carbocycles. The molecule has 0 saturated heterocycles. The Balaban J connectivity index is 1.63. The smallest absolute Gasteiger partial charge is 0.311 e. The van der Waals surface area contributed by atoms with Crippen molar-refractivity contribution in [1.82, 2.24) is 19.7 Å². The Morgan fingerprint density at radius 1 is 1.27 bits per heavy atom. The Bertz CT molecular complexity index is 1110. The summed E-state index contributed by atoms with van der Waals surface area (Å²) in [6, 6.07) is 8.27. The van der Waals surface area contributed by atoms with E-state index in [9.17, 15) is 9.59 Å². The monoisotopic (exact) mass is 485 g/mol. The molecule has 3 rings (SSSR count). The van der Waals surface area contributed by atoms with E-state index in [2.05, 4.69) is 53.1 Å². The average molecular weight is 486 g/mol. The van der Waals surface area contributed by atoms with Crippen LogP contribution in [-0.2, 0) is 27.3 Å². The molecule has 174 valence electrons. The van der Waals surface area contributed by atoms with E-state index in [1.807, 2.05) is 16.7 Å². The third-order valence-corrected chi connectivity index (χ3v) is 6.40. The van der Waals surface area contributed by atoms with Crippen LogP contribution in [0.5, 0.6) is 0 Å². The number of rotatable bonds is 11. The summed E-state index contributed by atoms with van der Waals surface area (Å²) < 4.78 is 6.86. The highest BCUT2D eigenvalue weighted by Gasteiger charge is 2.16. The largest absolute Gasteiger partial charge is 0.466 e. The maximum Gasteiger partial charge on any atom is 0.311 e. The standard InChI is InChI=1S/C23H27N5O3S2/c1-5-11-28-21(17-9-7-16(8-10-17)15(3)4)26-27-23(28)33-14-19(29)25-22-24-18(13-32-22)12-20(30)31-6-2/h5,7-10,13,15H,1,6,11-12,14H2,2-4H3,(H,24,25,29). The molecule has 0 aliphatic rings. The van der Waals surface area contributed by atoms with E-state index in [0.717, 1.165) is 11.4 Å². The zero-order valence-electron chi connectivity index (χ0n) is 18.9. The Morgan fingerprint density at radius 2 is 2.03 bits per heavy atom. The number of hydrogen-bond donors (Lipinski definition) is 1. The number of thiazole rings is 1. The molecule has 8 nitrogen and oxygen atoms in total. The highest BCUT2D eigenvalue weighted by atomic mass is 32.2. The van der Waals surface area contributed by atoms with E-state index < -0.39 is 0 Å². The summed E-state index contributed by atoms with van der Waals surface area (Å²) in [4.78, 5) is 28.3. The highest BCUT2D eigenvalue weighted by molar-refractivity contribution is 7.99. The molecule has 0 atom stereocenters. The van der Waals surface area contributed by atoms with Crippen LogP contribution >= 0.6 is 23.1 Å². The van der Waals surface area contributed by atoms with Crippen LogP contribution in [0.1, 0.15) is 37.9 Å². The number of aromatic nitrogens is 4. The van der Waals surface area contributed by atoms with Gasteiger partial charge < -0.3 is 10.1 Å². The molecule has 0 unspecified atom stereocenters. The zero-order valence-corrected chi connectivity index (χ0v) is 20.5. The second-order valence-corrected chi connectivity index (χ2v) is 9.25. The molecule has 0 fully saturated rings. The van der Waals surface area contributed by atoms with Crippen molar-refractivity contribution in [2.24, 2.45) is 0 Å². The minimum atomic E-state index is -0.340. The molecule has 33 heavy (non-hydrogen) atoms. The molecule has 1 N–H and O–H groups in total. The van der Waals surface area contributed by atoms with Crippen molar-refractivity contribution < 1.29 is 14.3 Å². The lowest BCUT2D eigenvalue weighted by atomic mass is 10.0. The van der Waals surface area contributed by atoms with Crippen LogP contribution in [0.25, 0.3) is 11.4 Å². The number of esters is 1. The molecule has 0 aliphatic carbocycles. The van der Waals surface area contributed by atoms with E-state index >= 15 is 0 Å². The van der Waals surface area contributed by atoms with Crippen LogP contribution in [0, 0.1) is 0 Å².